The predicted molar refractivity (Wildman–Crippen MR) is 97.6 cm³/mol. The summed E-state index contributed by atoms with van der Waals surface area (Å²) in [6.07, 6.45) is 3.82. The molecule has 0 amide bonds. The van der Waals surface area contributed by atoms with Crippen molar-refractivity contribution in [1.29, 1.82) is 0 Å². The number of para-hydroxylation sites is 1. The van der Waals surface area contributed by atoms with Gasteiger partial charge >= 0.3 is 0 Å². The van der Waals surface area contributed by atoms with Crippen LogP contribution in [-0.4, -0.2) is 39.4 Å². The zero-order valence-corrected chi connectivity index (χ0v) is 14.3. The Labute approximate surface area is 146 Å². The molecule has 2 N–H and O–H groups in total. The second kappa shape index (κ2) is 6.58. The number of benzene rings is 1. The van der Waals surface area contributed by atoms with Crippen LogP contribution < -0.4 is 15.4 Å². The smallest absolute Gasteiger partial charge is 0.229 e. The van der Waals surface area contributed by atoms with Crippen LogP contribution in [0.4, 0.5) is 11.8 Å². The Morgan fingerprint density at radius 1 is 1.16 bits per heavy atom. The number of ether oxygens (including phenoxy) is 1. The van der Waals surface area contributed by atoms with Gasteiger partial charge in [-0.15, -0.1) is 0 Å². The van der Waals surface area contributed by atoms with E-state index in [9.17, 15) is 0 Å². The number of aromatic nitrogens is 4. The summed E-state index contributed by atoms with van der Waals surface area (Å²) in [7, 11) is 1.87. The number of hydrogen-bond donors (Lipinski definition) is 1. The molecule has 7 heteroatoms. The molecule has 4 rings (SSSR count). The van der Waals surface area contributed by atoms with Gasteiger partial charge in [-0.25, -0.2) is 0 Å². The van der Waals surface area contributed by atoms with Crippen LogP contribution in [0, 0.1) is 5.92 Å². The number of aryl methyl sites for hydroxylation is 1. The van der Waals surface area contributed by atoms with Crippen molar-refractivity contribution in [2.24, 2.45) is 13.0 Å². The van der Waals surface area contributed by atoms with Crippen molar-refractivity contribution in [3.05, 3.63) is 36.5 Å². The number of nitrogens with zero attached hydrogens (tertiary/aromatic N) is 5. The van der Waals surface area contributed by atoms with Crippen molar-refractivity contribution in [3.8, 4) is 5.75 Å². The number of nitrogen functional groups attached to an aromatic ring is 1. The molecular formula is C18H22N6O. The Balaban J connectivity index is 1.39. The highest BCUT2D eigenvalue weighted by atomic mass is 16.5. The first-order chi connectivity index (χ1) is 12.2. The molecule has 130 valence electrons. The largest absolute Gasteiger partial charge is 0.493 e. The molecule has 0 aliphatic carbocycles. The van der Waals surface area contributed by atoms with Gasteiger partial charge in [0.1, 0.15) is 11.6 Å². The van der Waals surface area contributed by atoms with E-state index in [4.69, 9.17) is 10.5 Å². The number of rotatable bonds is 4. The minimum absolute atomic E-state index is 0.489. The monoisotopic (exact) mass is 338 g/mol. The van der Waals surface area contributed by atoms with Gasteiger partial charge < -0.3 is 15.4 Å². The normalized spacial score (nSPS) is 15.6. The van der Waals surface area contributed by atoms with E-state index in [0.29, 0.717) is 17.7 Å². The Kier molecular flexibility index (Phi) is 4.13. The highest BCUT2D eigenvalue weighted by Gasteiger charge is 2.23. The fourth-order valence-electron chi connectivity index (χ4n) is 3.20. The van der Waals surface area contributed by atoms with Crippen molar-refractivity contribution < 1.29 is 4.74 Å². The Hall–Kier alpha value is -2.83. The molecule has 0 atom stereocenters. The Morgan fingerprint density at radius 3 is 2.68 bits per heavy atom. The van der Waals surface area contributed by atoms with E-state index < -0.39 is 0 Å². The Morgan fingerprint density at radius 2 is 1.92 bits per heavy atom. The summed E-state index contributed by atoms with van der Waals surface area (Å²) >= 11 is 0. The molecule has 1 fully saturated rings. The second-order valence-corrected chi connectivity index (χ2v) is 6.47. The third-order valence-corrected chi connectivity index (χ3v) is 4.74. The van der Waals surface area contributed by atoms with E-state index >= 15 is 0 Å². The number of anilines is 2. The average molecular weight is 338 g/mol. The Bertz CT molecular complexity index is 855. The van der Waals surface area contributed by atoms with Gasteiger partial charge in [0.25, 0.3) is 0 Å². The number of fused-ring (bicyclic) bond motifs is 1. The molecule has 0 spiro atoms. The lowest BCUT2D eigenvalue weighted by molar-refractivity contribution is 0.222. The number of nitrogens with two attached hydrogens (primary N) is 1. The number of piperidine rings is 1. The van der Waals surface area contributed by atoms with Crippen molar-refractivity contribution in [2.45, 2.75) is 12.8 Å². The van der Waals surface area contributed by atoms with Crippen LogP contribution in [0.25, 0.3) is 11.0 Å². The van der Waals surface area contributed by atoms with Crippen LogP contribution in [0.3, 0.4) is 0 Å². The summed E-state index contributed by atoms with van der Waals surface area (Å²) in [6.45, 7) is 2.57. The van der Waals surface area contributed by atoms with Crippen molar-refractivity contribution in [3.63, 3.8) is 0 Å². The van der Waals surface area contributed by atoms with Gasteiger partial charge in [0, 0.05) is 20.1 Å². The molecule has 0 saturated carbocycles. The summed E-state index contributed by atoms with van der Waals surface area (Å²) in [6, 6.07) is 9.97. The summed E-state index contributed by atoms with van der Waals surface area (Å²) < 4.78 is 7.62. The first-order valence-electron chi connectivity index (χ1n) is 8.59. The molecule has 1 aliphatic rings. The zero-order chi connectivity index (χ0) is 17.2. The van der Waals surface area contributed by atoms with E-state index in [2.05, 4.69) is 20.0 Å². The van der Waals surface area contributed by atoms with Crippen LogP contribution >= 0.6 is 0 Å². The minimum atomic E-state index is 0.489. The molecule has 1 saturated heterocycles. The fourth-order valence-corrected chi connectivity index (χ4v) is 3.20. The van der Waals surface area contributed by atoms with E-state index in [1.165, 1.54) is 0 Å². The summed E-state index contributed by atoms with van der Waals surface area (Å²) in [5, 5.41) is 5.01. The highest BCUT2D eigenvalue weighted by molar-refractivity contribution is 5.86. The van der Waals surface area contributed by atoms with Gasteiger partial charge in [0.05, 0.1) is 18.2 Å². The third kappa shape index (κ3) is 3.22. The molecule has 0 radical (unpaired) electrons. The molecule has 1 aromatic carbocycles. The second-order valence-electron chi connectivity index (χ2n) is 6.47. The maximum absolute atomic E-state index is 6.07. The van der Waals surface area contributed by atoms with Gasteiger partial charge in [0.2, 0.25) is 5.95 Å². The summed E-state index contributed by atoms with van der Waals surface area (Å²) in [4.78, 5) is 11.3. The molecule has 0 bridgehead atoms. The maximum Gasteiger partial charge on any atom is 0.229 e. The molecule has 2 aromatic heterocycles. The number of hydrogen-bond acceptors (Lipinski definition) is 6. The van der Waals surface area contributed by atoms with Crippen LogP contribution in [-0.2, 0) is 7.05 Å². The van der Waals surface area contributed by atoms with E-state index in [-0.39, 0.29) is 0 Å². The van der Waals surface area contributed by atoms with Gasteiger partial charge in [-0.3, -0.25) is 4.68 Å². The van der Waals surface area contributed by atoms with Crippen molar-refractivity contribution in [1.82, 2.24) is 19.7 Å². The fraction of sp³-hybridized carbons (Fsp3) is 0.389. The SMILES string of the molecule is Cn1ncc2c(N)nc(N3CCC(COc4ccccc4)CC3)nc21. The van der Waals surface area contributed by atoms with E-state index in [0.717, 1.165) is 49.3 Å². The van der Waals surface area contributed by atoms with Gasteiger partial charge in [-0.05, 0) is 30.9 Å². The van der Waals surface area contributed by atoms with Crippen LogP contribution in [0.1, 0.15) is 12.8 Å². The summed E-state index contributed by atoms with van der Waals surface area (Å²) in [5.74, 6) is 2.66. The summed E-state index contributed by atoms with van der Waals surface area (Å²) in [5.41, 5.74) is 6.84. The topological polar surface area (TPSA) is 82.1 Å². The lowest BCUT2D eigenvalue weighted by atomic mass is 9.98. The van der Waals surface area contributed by atoms with Crippen LogP contribution in [0.15, 0.2) is 36.5 Å². The van der Waals surface area contributed by atoms with Crippen molar-refractivity contribution >= 4 is 22.8 Å². The van der Waals surface area contributed by atoms with Crippen molar-refractivity contribution in [2.75, 3.05) is 30.3 Å². The molecular weight excluding hydrogens is 316 g/mol. The van der Waals surface area contributed by atoms with Gasteiger partial charge in [-0.2, -0.15) is 15.1 Å². The highest BCUT2D eigenvalue weighted by Crippen LogP contribution is 2.25. The molecule has 7 nitrogen and oxygen atoms in total. The molecule has 0 unspecified atom stereocenters. The molecule has 3 aromatic rings. The lowest BCUT2D eigenvalue weighted by Crippen LogP contribution is -2.36. The lowest BCUT2D eigenvalue weighted by Gasteiger charge is -2.32. The maximum atomic E-state index is 6.07. The minimum Gasteiger partial charge on any atom is -0.493 e. The predicted octanol–water partition coefficient (Wildman–Crippen LogP) is 2.24. The van der Waals surface area contributed by atoms with Crippen LogP contribution in [0.5, 0.6) is 5.75 Å². The van der Waals surface area contributed by atoms with Gasteiger partial charge in [-0.1, -0.05) is 18.2 Å². The van der Waals surface area contributed by atoms with E-state index in [1.807, 2.05) is 37.4 Å². The van der Waals surface area contributed by atoms with Gasteiger partial charge in [0.15, 0.2) is 5.65 Å². The average Bonchev–Trinajstić information content (AvgIpc) is 3.03. The first kappa shape index (κ1) is 15.7. The standard InChI is InChI=1S/C18H22N6O/c1-23-17-15(11-20-23)16(19)21-18(22-17)24-9-7-13(8-10-24)12-25-14-5-3-2-4-6-14/h2-6,11,13H,7-10,12H2,1H3,(H2,19,21,22). The molecule has 25 heavy (non-hydrogen) atoms. The third-order valence-electron chi connectivity index (χ3n) is 4.74. The van der Waals surface area contributed by atoms with Crippen LogP contribution in [0.2, 0.25) is 0 Å². The van der Waals surface area contributed by atoms with E-state index in [1.54, 1.807) is 10.9 Å². The molecule has 1 aliphatic heterocycles. The quantitative estimate of drug-likeness (QED) is 0.786. The first-order valence-corrected chi connectivity index (χ1v) is 8.59. The zero-order valence-electron chi connectivity index (χ0n) is 14.3. The molecule has 3 heterocycles.